The zero-order valence-corrected chi connectivity index (χ0v) is 34.8. The molecule has 12 nitrogen and oxygen atoms in total. The van der Waals surface area contributed by atoms with Crippen molar-refractivity contribution in [2.45, 2.75) is 147 Å². The number of unbranched alkanes of at least 4 members (excludes halogenated alkanes) is 6. The first-order chi connectivity index (χ1) is 27.0. The Labute approximate surface area is 336 Å². The van der Waals surface area contributed by atoms with Gasteiger partial charge >= 0.3 is 19.8 Å². The van der Waals surface area contributed by atoms with E-state index in [1.807, 2.05) is 12.2 Å². The number of allylic oxidation sites excluding steroid dienone is 9. The average Bonchev–Trinajstić information content (AvgIpc) is 3.44. The minimum atomic E-state index is -4.49. The van der Waals surface area contributed by atoms with Crippen molar-refractivity contribution in [3.63, 3.8) is 0 Å². The molecule has 13 heteroatoms. The Bertz CT molecular complexity index is 1260. The Hall–Kier alpha value is -2.67. The van der Waals surface area contributed by atoms with Crippen molar-refractivity contribution in [2.24, 2.45) is 17.6 Å². The lowest BCUT2D eigenvalue weighted by Gasteiger charge is -2.20. The van der Waals surface area contributed by atoms with Crippen molar-refractivity contribution in [1.29, 1.82) is 0 Å². The molecule has 0 aliphatic heterocycles. The summed E-state index contributed by atoms with van der Waals surface area (Å²) in [4.78, 5) is 35.0. The zero-order valence-electron chi connectivity index (χ0n) is 33.9. The highest BCUT2D eigenvalue weighted by Crippen LogP contribution is 2.43. The highest BCUT2D eigenvalue weighted by atomic mass is 31.2. The molecule has 1 aliphatic rings. The quantitative estimate of drug-likeness (QED) is 0.0187. The molecule has 1 fully saturated rings. The van der Waals surface area contributed by atoms with E-state index < -0.39 is 50.8 Å². The second-order valence-corrected chi connectivity index (χ2v) is 15.6. The molecule has 0 saturated heterocycles. The summed E-state index contributed by atoms with van der Waals surface area (Å²) < 4.78 is 32.6. The molecule has 1 rings (SSSR count). The summed E-state index contributed by atoms with van der Waals surface area (Å²) >= 11 is 0. The highest BCUT2D eigenvalue weighted by Gasteiger charge is 2.39. The molecule has 0 aromatic carbocycles. The highest BCUT2D eigenvalue weighted by molar-refractivity contribution is 7.47. The molecule has 1 unspecified atom stereocenters. The lowest BCUT2D eigenvalue weighted by atomic mass is 9.89. The van der Waals surface area contributed by atoms with Crippen molar-refractivity contribution in [3.05, 3.63) is 72.9 Å². The molecule has 0 amide bonds. The van der Waals surface area contributed by atoms with Crippen LogP contribution in [0.25, 0.3) is 0 Å². The second kappa shape index (κ2) is 33.3. The van der Waals surface area contributed by atoms with Crippen LogP contribution in [0, 0.1) is 11.8 Å². The van der Waals surface area contributed by atoms with Crippen LogP contribution in [0.5, 0.6) is 0 Å². The van der Waals surface area contributed by atoms with E-state index in [9.17, 15) is 34.4 Å². The van der Waals surface area contributed by atoms with Crippen LogP contribution in [0.3, 0.4) is 0 Å². The molecule has 1 saturated carbocycles. The summed E-state index contributed by atoms with van der Waals surface area (Å²) in [6.45, 7) is 3.12. The number of ether oxygens (including phenoxy) is 2. The van der Waals surface area contributed by atoms with Gasteiger partial charge in [0.25, 0.3) is 0 Å². The number of esters is 2. The maximum Gasteiger partial charge on any atom is 0.472 e. The molecule has 0 aromatic heterocycles. The molecule has 7 atom stereocenters. The standard InChI is InChI=1S/C43H72NO11P/c1-3-5-7-8-9-10-11-12-13-14-15-16-17-18-19-20-22-27-42(48)52-34-37(35-54-56(50,51)53-32-31-44)55-43(49)28-24-23-26-38-39(41(47)33-40(38)46)30-29-36(45)25-21-6-4-2/h9-10,12-13,15-16,18-19,23-24,29-30,36-41,45-47H,3-8,11,14,17,20-22,25-28,31-35,44H2,1-2H3,(H,50,51)/b10-9-,13-12-,16-15-,19-18-,24-23-,30-29+/t36-,37-,38+,39-,40+,41-/m1/s1. The van der Waals surface area contributed by atoms with Gasteiger partial charge in [-0.2, -0.15) is 0 Å². The third kappa shape index (κ3) is 27.1. The fourth-order valence-electron chi connectivity index (χ4n) is 6.01. The summed E-state index contributed by atoms with van der Waals surface area (Å²) in [5, 5.41) is 31.3. The fraction of sp³-hybridized carbons (Fsp3) is 0.674. The number of aliphatic hydroxyl groups is 3. The van der Waals surface area contributed by atoms with Gasteiger partial charge in [0.05, 0.1) is 37.9 Å². The Balaban J connectivity index is 2.53. The Morgan fingerprint density at radius 2 is 1.41 bits per heavy atom. The minimum Gasteiger partial charge on any atom is -0.462 e. The normalized spacial score (nSPS) is 21.3. The van der Waals surface area contributed by atoms with Gasteiger partial charge in [-0.1, -0.05) is 119 Å². The molecular weight excluding hydrogens is 737 g/mol. The van der Waals surface area contributed by atoms with Crippen molar-refractivity contribution in [2.75, 3.05) is 26.4 Å². The van der Waals surface area contributed by atoms with Gasteiger partial charge in [0, 0.05) is 25.3 Å². The van der Waals surface area contributed by atoms with E-state index in [1.54, 1.807) is 24.3 Å². The van der Waals surface area contributed by atoms with Crippen molar-refractivity contribution >= 4 is 19.8 Å². The van der Waals surface area contributed by atoms with E-state index in [-0.39, 0.29) is 50.9 Å². The predicted octanol–water partition coefficient (Wildman–Crippen LogP) is 7.87. The maximum absolute atomic E-state index is 12.7. The second-order valence-electron chi connectivity index (χ2n) is 14.1. The monoisotopic (exact) mass is 809 g/mol. The van der Waals surface area contributed by atoms with E-state index >= 15 is 0 Å². The third-order valence-corrected chi connectivity index (χ3v) is 10.2. The van der Waals surface area contributed by atoms with Crippen LogP contribution < -0.4 is 5.73 Å². The molecule has 6 N–H and O–H groups in total. The molecule has 320 valence electrons. The van der Waals surface area contributed by atoms with Crippen LogP contribution in [0.1, 0.15) is 123 Å². The predicted molar refractivity (Wildman–Crippen MR) is 221 cm³/mol. The van der Waals surface area contributed by atoms with E-state index in [1.165, 1.54) is 19.3 Å². The van der Waals surface area contributed by atoms with Crippen LogP contribution in [0.2, 0.25) is 0 Å². The molecule has 0 radical (unpaired) electrons. The third-order valence-electron chi connectivity index (χ3n) is 9.17. The summed E-state index contributed by atoms with van der Waals surface area (Å²) in [6.07, 6.45) is 33.6. The average molecular weight is 810 g/mol. The lowest BCUT2D eigenvalue weighted by Crippen LogP contribution is -2.29. The SMILES string of the molecule is CCCCC/C=C\C/C=C\C/C=C\C/C=C\CCCC(=O)OC[C@H](COP(=O)(O)OCCN)OC(=O)C/C=C\C[C@H]1[C@@H](/C=C/[C@H](O)CCCCC)[C@H](O)C[C@@H]1O. The minimum absolute atomic E-state index is 0.00773. The van der Waals surface area contributed by atoms with E-state index in [2.05, 4.69) is 50.3 Å². The largest absolute Gasteiger partial charge is 0.472 e. The number of carbonyl (C=O) groups is 2. The number of carbonyl (C=O) groups excluding carboxylic acids is 2. The summed E-state index contributed by atoms with van der Waals surface area (Å²) in [5.74, 6) is -1.85. The van der Waals surface area contributed by atoms with Gasteiger partial charge in [-0.25, -0.2) is 4.57 Å². The first-order valence-corrected chi connectivity index (χ1v) is 22.2. The Morgan fingerprint density at radius 3 is 2.05 bits per heavy atom. The number of hydrogen-bond acceptors (Lipinski definition) is 11. The summed E-state index contributed by atoms with van der Waals surface area (Å²) in [7, 11) is -4.49. The zero-order chi connectivity index (χ0) is 41.3. The van der Waals surface area contributed by atoms with Crippen LogP contribution in [0.15, 0.2) is 72.9 Å². The van der Waals surface area contributed by atoms with Crippen LogP contribution >= 0.6 is 7.82 Å². The molecule has 56 heavy (non-hydrogen) atoms. The van der Waals surface area contributed by atoms with E-state index in [0.29, 0.717) is 25.7 Å². The van der Waals surface area contributed by atoms with Gasteiger partial charge in [-0.05, 0) is 63.7 Å². The molecule has 0 heterocycles. The first kappa shape index (κ1) is 51.3. The van der Waals surface area contributed by atoms with Gasteiger partial charge in [0.15, 0.2) is 6.10 Å². The van der Waals surface area contributed by atoms with Gasteiger partial charge in [-0.3, -0.25) is 18.6 Å². The topological polar surface area (TPSA) is 195 Å². The van der Waals surface area contributed by atoms with E-state index in [4.69, 9.17) is 24.3 Å². The van der Waals surface area contributed by atoms with Gasteiger partial charge < -0.3 is 35.4 Å². The first-order valence-electron chi connectivity index (χ1n) is 20.7. The maximum atomic E-state index is 12.7. The lowest BCUT2D eigenvalue weighted by molar-refractivity contribution is -0.160. The van der Waals surface area contributed by atoms with Gasteiger partial charge in [-0.15, -0.1) is 0 Å². The smallest absolute Gasteiger partial charge is 0.462 e. The molecule has 0 aromatic rings. The van der Waals surface area contributed by atoms with Crippen LogP contribution in [-0.2, 0) is 32.7 Å². The number of phosphoric acid groups is 1. The molecular formula is C43H72NO11P. The number of rotatable bonds is 33. The van der Waals surface area contributed by atoms with Gasteiger partial charge in [0.2, 0.25) is 0 Å². The van der Waals surface area contributed by atoms with Crippen molar-refractivity contribution in [3.8, 4) is 0 Å². The molecule has 0 spiro atoms. The van der Waals surface area contributed by atoms with Crippen molar-refractivity contribution < 1.29 is 52.9 Å². The Morgan fingerprint density at radius 1 is 0.786 bits per heavy atom. The van der Waals surface area contributed by atoms with Gasteiger partial charge in [0.1, 0.15) is 6.61 Å². The summed E-state index contributed by atoms with van der Waals surface area (Å²) in [6, 6.07) is 0. The van der Waals surface area contributed by atoms with Crippen LogP contribution in [0.4, 0.5) is 0 Å². The van der Waals surface area contributed by atoms with Crippen molar-refractivity contribution in [1.82, 2.24) is 0 Å². The number of phosphoric ester groups is 1. The summed E-state index contributed by atoms with van der Waals surface area (Å²) in [5.41, 5.74) is 5.33. The molecule has 1 aliphatic carbocycles. The number of hydrogen-bond donors (Lipinski definition) is 5. The Kier molecular flexibility index (Phi) is 30.5. The number of aliphatic hydroxyl groups excluding tert-OH is 3. The number of nitrogens with two attached hydrogens (primary N) is 1. The molecule has 0 bridgehead atoms. The van der Waals surface area contributed by atoms with E-state index in [0.717, 1.165) is 44.9 Å². The fourth-order valence-corrected chi connectivity index (χ4v) is 6.78. The van der Waals surface area contributed by atoms with Crippen LogP contribution in [-0.4, -0.2) is 82.9 Å².